The van der Waals surface area contributed by atoms with Crippen LogP contribution < -0.4 is 0 Å². The van der Waals surface area contributed by atoms with Gasteiger partial charge in [0.15, 0.2) is 11.9 Å². The molecule has 28 heavy (non-hydrogen) atoms. The lowest BCUT2D eigenvalue weighted by Crippen LogP contribution is -2.25. The van der Waals surface area contributed by atoms with Crippen LogP contribution in [-0.4, -0.2) is 61.4 Å². The number of ether oxygens (including phenoxy) is 1. The van der Waals surface area contributed by atoms with Gasteiger partial charge in [-0.15, -0.1) is 0 Å². The molecule has 1 heterocycles. The predicted octanol–water partition coefficient (Wildman–Crippen LogP) is 1.88. The van der Waals surface area contributed by atoms with Crippen molar-refractivity contribution in [3.05, 3.63) is 23.3 Å². The Morgan fingerprint density at radius 3 is 2.68 bits per heavy atom. The second kappa shape index (κ2) is 9.79. The molecule has 154 valence electrons. The number of rotatable bonds is 4. The third-order valence-electron chi connectivity index (χ3n) is 4.45. The molecule has 9 heteroatoms. The molecule has 0 unspecified atom stereocenters. The number of thioether (sulfide) groups is 1. The Morgan fingerprint density at radius 1 is 1.29 bits per heavy atom. The maximum Gasteiger partial charge on any atom is 0.333 e. The summed E-state index contributed by atoms with van der Waals surface area (Å²) in [5.41, 5.74) is 0.127. The van der Waals surface area contributed by atoms with Crippen molar-refractivity contribution in [2.24, 2.45) is 0 Å². The molecule has 2 rings (SSSR count). The van der Waals surface area contributed by atoms with E-state index in [0.29, 0.717) is 19.3 Å². The lowest BCUT2D eigenvalue weighted by molar-refractivity contribution is -0.148. The van der Waals surface area contributed by atoms with E-state index in [1.54, 1.807) is 6.92 Å². The Morgan fingerprint density at radius 2 is 2.00 bits per heavy atom. The normalized spacial score (nSPS) is 22.4. The molecule has 0 fully saturated rings. The fourth-order valence-corrected chi connectivity index (χ4v) is 4.30. The predicted molar refractivity (Wildman–Crippen MR) is 102 cm³/mol. The second-order valence-electron chi connectivity index (χ2n) is 6.84. The van der Waals surface area contributed by atoms with E-state index in [2.05, 4.69) is 0 Å². The van der Waals surface area contributed by atoms with E-state index >= 15 is 0 Å². The molecule has 1 aromatic rings. The number of carboxylic acid groups (broad SMARTS) is 1. The number of carboxylic acids is 1. The lowest BCUT2D eigenvalue weighted by atomic mass is 9.95. The summed E-state index contributed by atoms with van der Waals surface area (Å²) < 4.78 is 5.32. The number of aliphatic hydroxyl groups is 1. The van der Waals surface area contributed by atoms with Crippen molar-refractivity contribution < 1.29 is 39.5 Å². The summed E-state index contributed by atoms with van der Waals surface area (Å²) in [4.78, 5) is 35.8. The number of fused-ring (bicyclic) bond motifs is 1. The van der Waals surface area contributed by atoms with Crippen LogP contribution in [0, 0.1) is 0 Å². The smallest absolute Gasteiger partial charge is 0.333 e. The lowest BCUT2D eigenvalue weighted by Gasteiger charge is -2.21. The number of phenolic OH excluding ortho intramolecular Hbond substituents is 2. The maximum absolute atomic E-state index is 12.8. The zero-order valence-electron chi connectivity index (χ0n) is 15.5. The minimum absolute atomic E-state index is 0.00572. The van der Waals surface area contributed by atoms with Crippen LogP contribution in [0.25, 0.3) is 0 Å². The van der Waals surface area contributed by atoms with E-state index in [1.807, 2.05) is 0 Å². The van der Waals surface area contributed by atoms with Gasteiger partial charge in [-0.3, -0.25) is 9.59 Å². The van der Waals surface area contributed by atoms with E-state index in [9.17, 15) is 29.7 Å². The first kappa shape index (κ1) is 22.0. The van der Waals surface area contributed by atoms with Crippen molar-refractivity contribution in [1.82, 2.24) is 0 Å². The van der Waals surface area contributed by atoms with Crippen LogP contribution in [0.3, 0.4) is 0 Å². The number of aliphatic hydroxyl groups excluding tert-OH is 1. The Bertz CT molecular complexity index is 748. The number of benzene rings is 1. The number of hydrogen-bond donors (Lipinski definition) is 4. The number of carbonyl (C=O) groups excluding carboxylic acids is 2. The summed E-state index contributed by atoms with van der Waals surface area (Å²) >= 11 is 1.18. The van der Waals surface area contributed by atoms with Gasteiger partial charge in [0.05, 0.1) is 18.1 Å². The third kappa shape index (κ3) is 6.13. The van der Waals surface area contributed by atoms with Gasteiger partial charge >= 0.3 is 11.9 Å². The second-order valence-corrected chi connectivity index (χ2v) is 8.18. The number of esters is 1. The van der Waals surface area contributed by atoms with E-state index in [1.165, 1.54) is 17.8 Å². The molecule has 8 nitrogen and oxygen atoms in total. The molecule has 0 bridgehead atoms. The van der Waals surface area contributed by atoms with Crippen molar-refractivity contribution in [1.29, 1.82) is 0 Å². The first-order chi connectivity index (χ1) is 13.2. The minimum atomic E-state index is -1.53. The minimum Gasteiger partial charge on any atom is -0.508 e. The summed E-state index contributed by atoms with van der Waals surface area (Å²) in [5, 5.41) is 38.0. The summed E-state index contributed by atoms with van der Waals surface area (Å²) in [6.45, 7) is 1.76. The number of phenols is 2. The summed E-state index contributed by atoms with van der Waals surface area (Å²) in [6.07, 6.45) is -0.340. The van der Waals surface area contributed by atoms with E-state index in [4.69, 9.17) is 9.84 Å². The molecule has 1 aliphatic rings. The molecule has 0 saturated heterocycles. The monoisotopic (exact) mass is 412 g/mol. The zero-order chi connectivity index (χ0) is 20.8. The van der Waals surface area contributed by atoms with Gasteiger partial charge in [0.2, 0.25) is 0 Å². The standard InChI is InChI=1S/C19H24O8S/c1-10-3-2-4-13(28-9-16(23)19(25)26)8-15(22)18-11(6-17(24)27-10)5-12(20)7-14(18)21/h5,7,10,13,16,20-21,23H,2-4,6,8-9H2,1H3,(H,25,26)/t10-,13-,16-/m0/s1. The molecule has 0 aromatic heterocycles. The number of carbonyl (C=O) groups is 3. The number of ketones is 1. The fraction of sp³-hybridized carbons (Fsp3) is 0.526. The molecular weight excluding hydrogens is 388 g/mol. The number of cyclic esters (lactones) is 1. The number of aromatic hydroxyl groups is 2. The molecule has 4 N–H and O–H groups in total. The van der Waals surface area contributed by atoms with E-state index < -0.39 is 29.6 Å². The first-order valence-electron chi connectivity index (χ1n) is 8.97. The molecule has 0 aliphatic carbocycles. The van der Waals surface area contributed by atoms with Crippen LogP contribution in [0.1, 0.15) is 48.5 Å². The number of Topliss-reactive ketones (excluding diaryl/α,β-unsaturated/α-hetero) is 1. The Labute approximate surface area is 166 Å². The van der Waals surface area contributed by atoms with Crippen LogP contribution in [0.15, 0.2) is 12.1 Å². The first-order valence-corrected chi connectivity index (χ1v) is 10.0. The Hall–Kier alpha value is -2.26. The average molecular weight is 412 g/mol. The van der Waals surface area contributed by atoms with Gasteiger partial charge < -0.3 is 25.2 Å². The van der Waals surface area contributed by atoms with Crippen molar-refractivity contribution in [2.75, 3.05) is 5.75 Å². The maximum atomic E-state index is 12.8. The van der Waals surface area contributed by atoms with Crippen LogP contribution >= 0.6 is 11.8 Å². The van der Waals surface area contributed by atoms with Crippen molar-refractivity contribution in [3.8, 4) is 11.5 Å². The van der Waals surface area contributed by atoms with Crippen LogP contribution in [0.4, 0.5) is 0 Å². The number of aliphatic carboxylic acids is 1. The summed E-state index contributed by atoms with van der Waals surface area (Å²) in [6, 6.07) is 2.29. The van der Waals surface area contributed by atoms with Crippen molar-refractivity contribution >= 4 is 29.5 Å². The van der Waals surface area contributed by atoms with Gasteiger partial charge in [-0.05, 0) is 37.8 Å². The van der Waals surface area contributed by atoms with Gasteiger partial charge in [-0.2, -0.15) is 11.8 Å². The van der Waals surface area contributed by atoms with Crippen molar-refractivity contribution in [2.45, 2.75) is 56.5 Å². The quantitative estimate of drug-likeness (QED) is 0.545. The van der Waals surface area contributed by atoms with Gasteiger partial charge in [0.1, 0.15) is 11.5 Å². The molecule has 0 spiro atoms. The Kier molecular flexibility index (Phi) is 7.70. The Balaban J connectivity index is 2.29. The largest absolute Gasteiger partial charge is 0.508 e. The molecule has 1 aromatic carbocycles. The SMILES string of the molecule is C[C@H]1CCC[C@H](SC[C@H](O)C(=O)O)CC(=O)c2c(O)cc(O)cc2CC(=O)O1. The van der Waals surface area contributed by atoms with Gasteiger partial charge in [0.25, 0.3) is 0 Å². The van der Waals surface area contributed by atoms with E-state index in [-0.39, 0.29) is 46.8 Å². The topological polar surface area (TPSA) is 141 Å². The van der Waals surface area contributed by atoms with Crippen molar-refractivity contribution in [3.63, 3.8) is 0 Å². The fourth-order valence-electron chi connectivity index (χ4n) is 3.10. The van der Waals surface area contributed by atoms with Gasteiger partial charge in [0, 0.05) is 23.5 Å². The zero-order valence-corrected chi connectivity index (χ0v) is 16.3. The highest BCUT2D eigenvalue weighted by atomic mass is 32.2. The molecule has 0 radical (unpaired) electrons. The third-order valence-corrected chi connectivity index (χ3v) is 5.84. The molecule has 3 atom stereocenters. The molecule has 0 amide bonds. The van der Waals surface area contributed by atoms with Gasteiger partial charge in [-0.25, -0.2) is 4.79 Å². The van der Waals surface area contributed by atoms with Crippen LogP contribution in [-0.2, 0) is 20.7 Å². The molecular formula is C19H24O8S. The highest BCUT2D eigenvalue weighted by molar-refractivity contribution is 8.00. The van der Waals surface area contributed by atoms with Crippen LogP contribution in [0.5, 0.6) is 11.5 Å². The molecule has 0 saturated carbocycles. The van der Waals surface area contributed by atoms with Gasteiger partial charge in [-0.1, -0.05) is 0 Å². The molecule has 1 aliphatic heterocycles. The number of hydrogen-bond acceptors (Lipinski definition) is 8. The van der Waals surface area contributed by atoms with Crippen LogP contribution in [0.2, 0.25) is 0 Å². The highest BCUT2D eigenvalue weighted by Crippen LogP contribution is 2.32. The summed E-state index contributed by atoms with van der Waals surface area (Å²) in [7, 11) is 0. The van der Waals surface area contributed by atoms with E-state index in [0.717, 1.165) is 6.07 Å². The summed E-state index contributed by atoms with van der Waals surface area (Å²) in [5.74, 6) is -3.06. The average Bonchev–Trinajstić information content (AvgIpc) is 2.57. The highest BCUT2D eigenvalue weighted by Gasteiger charge is 2.26.